The molecule has 0 fully saturated rings. The second-order valence-electron chi connectivity index (χ2n) is 5.69. The summed E-state index contributed by atoms with van der Waals surface area (Å²) in [6, 6.07) is 14.6. The predicted octanol–water partition coefficient (Wildman–Crippen LogP) is 2.59. The normalized spacial score (nSPS) is 10.5. The second-order valence-corrected chi connectivity index (χ2v) is 5.69. The molecule has 0 saturated heterocycles. The lowest BCUT2D eigenvalue weighted by Gasteiger charge is -2.06. The van der Waals surface area contributed by atoms with Crippen molar-refractivity contribution < 1.29 is 9.53 Å². The van der Waals surface area contributed by atoms with Gasteiger partial charge in [-0.25, -0.2) is 4.79 Å². The zero-order valence-corrected chi connectivity index (χ0v) is 14.1. The van der Waals surface area contributed by atoms with Gasteiger partial charge in [-0.05, 0) is 43.3 Å². The van der Waals surface area contributed by atoms with Crippen LogP contribution >= 0.6 is 0 Å². The molecule has 0 aliphatic heterocycles. The first-order chi connectivity index (χ1) is 12.1. The third-order valence-corrected chi connectivity index (χ3v) is 3.85. The number of aromatic nitrogens is 2. The quantitative estimate of drug-likeness (QED) is 0.778. The Bertz CT molecular complexity index is 922. The van der Waals surface area contributed by atoms with Crippen LogP contribution in [0, 0.1) is 6.92 Å². The molecule has 0 unspecified atom stereocenters. The molecule has 0 aliphatic carbocycles. The average Bonchev–Trinajstić information content (AvgIpc) is 2.97. The minimum Gasteiger partial charge on any atom is -0.497 e. The number of hydrogen-bond acceptors (Lipinski definition) is 3. The first-order valence-corrected chi connectivity index (χ1v) is 7.85. The Morgan fingerprint density at radius 2 is 1.72 bits per heavy atom. The summed E-state index contributed by atoms with van der Waals surface area (Å²) in [5.41, 5.74) is 2.26. The van der Waals surface area contributed by atoms with Crippen molar-refractivity contribution in [2.75, 3.05) is 12.4 Å². The molecule has 6 nitrogen and oxygen atoms in total. The summed E-state index contributed by atoms with van der Waals surface area (Å²) in [6.45, 7) is 1.93. The number of benzene rings is 2. The number of hydrogen-bond donors (Lipinski definition) is 1. The van der Waals surface area contributed by atoms with Crippen LogP contribution in [0.25, 0.3) is 5.69 Å². The lowest BCUT2D eigenvalue weighted by Crippen LogP contribution is -2.28. The van der Waals surface area contributed by atoms with Crippen LogP contribution in [-0.2, 0) is 11.3 Å². The molecule has 3 rings (SSSR count). The van der Waals surface area contributed by atoms with Gasteiger partial charge in [0.25, 0.3) is 0 Å². The molecule has 0 bridgehead atoms. The Hall–Kier alpha value is -3.28. The van der Waals surface area contributed by atoms with Gasteiger partial charge >= 0.3 is 5.69 Å². The fraction of sp³-hybridized carbons (Fsp3) is 0.158. The summed E-state index contributed by atoms with van der Waals surface area (Å²) >= 11 is 0. The number of carbonyl (C=O) groups is 1. The molecular weight excluding hydrogens is 318 g/mol. The third kappa shape index (κ3) is 3.80. The highest BCUT2D eigenvalue weighted by Gasteiger charge is 2.09. The molecule has 6 heteroatoms. The number of nitrogens with one attached hydrogen (secondary N) is 1. The van der Waals surface area contributed by atoms with E-state index in [4.69, 9.17) is 4.74 Å². The van der Waals surface area contributed by atoms with E-state index >= 15 is 0 Å². The number of methoxy groups -OCH3 is 1. The van der Waals surface area contributed by atoms with Crippen molar-refractivity contribution in [2.45, 2.75) is 13.5 Å². The molecule has 25 heavy (non-hydrogen) atoms. The van der Waals surface area contributed by atoms with Crippen LogP contribution in [0.5, 0.6) is 5.75 Å². The van der Waals surface area contributed by atoms with Crippen LogP contribution in [0.3, 0.4) is 0 Å². The van der Waals surface area contributed by atoms with E-state index < -0.39 is 0 Å². The van der Waals surface area contributed by atoms with Crippen molar-refractivity contribution >= 4 is 11.6 Å². The molecule has 3 aromatic rings. The summed E-state index contributed by atoms with van der Waals surface area (Å²) in [6.07, 6.45) is 3.24. The van der Waals surface area contributed by atoms with E-state index in [0.717, 1.165) is 5.56 Å². The molecule has 1 amide bonds. The number of amides is 1. The van der Waals surface area contributed by atoms with E-state index in [1.54, 1.807) is 43.8 Å². The van der Waals surface area contributed by atoms with Crippen LogP contribution in [0.2, 0.25) is 0 Å². The first kappa shape index (κ1) is 16.6. The summed E-state index contributed by atoms with van der Waals surface area (Å²) in [5, 5.41) is 2.78. The Balaban J connectivity index is 1.73. The van der Waals surface area contributed by atoms with Gasteiger partial charge in [0.2, 0.25) is 5.91 Å². The van der Waals surface area contributed by atoms with Crippen molar-refractivity contribution in [3.8, 4) is 11.4 Å². The third-order valence-electron chi connectivity index (χ3n) is 3.85. The smallest absolute Gasteiger partial charge is 0.333 e. The standard InChI is InChI=1S/C19H19N3O3/c1-14-3-5-15(6-4-14)20-18(23)13-21-11-12-22(19(21)24)16-7-9-17(25-2)10-8-16/h3-12H,13H2,1-2H3,(H,20,23). The lowest BCUT2D eigenvalue weighted by molar-refractivity contribution is -0.116. The molecule has 0 atom stereocenters. The molecule has 128 valence electrons. The number of imidazole rings is 1. The van der Waals surface area contributed by atoms with Gasteiger partial charge in [0.05, 0.1) is 12.8 Å². The van der Waals surface area contributed by atoms with Crippen LogP contribution < -0.4 is 15.7 Å². The van der Waals surface area contributed by atoms with Crippen LogP contribution in [0.1, 0.15) is 5.56 Å². The van der Waals surface area contributed by atoms with Crippen LogP contribution in [-0.4, -0.2) is 22.2 Å². The molecule has 0 radical (unpaired) electrons. The van der Waals surface area contributed by atoms with E-state index in [1.807, 2.05) is 31.2 Å². The Labute approximate surface area is 145 Å². The van der Waals surface area contributed by atoms with Crippen molar-refractivity contribution in [2.24, 2.45) is 0 Å². The summed E-state index contributed by atoms with van der Waals surface area (Å²) in [5.74, 6) is 0.465. The Kier molecular flexibility index (Phi) is 4.70. The highest BCUT2D eigenvalue weighted by molar-refractivity contribution is 5.90. The largest absolute Gasteiger partial charge is 0.497 e. The van der Waals surface area contributed by atoms with E-state index in [2.05, 4.69) is 5.32 Å². The molecule has 2 aromatic carbocycles. The van der Waals surface area contributed by atoms with Crippen LogP contribution in [0.15, 0.2) is 65.7 Å². The van der Waals surface area contributed by atoms with Crippen LogP contribution in [0.4, 0.5) is 5.69 Å². The minimum atomic E-state index is -0.274. The Morgan fingerprint density at radius 3 is 2.36 bits per heavy atom. The zero-order chi connectivity index (χ0) is 17.8. The van der Waals surface area contributed by atoms with Gasteiger partial charge in [-0.2, -0.15) is 0 Å². The van der Waals surface area contributed by atoms with Crippen molar-refractivity contribution in [3.63, 3.8) is 0 Å². The average molecular weight is 337 g/mol. The number of rotatable bonds is 5. The molecule has 1 N–H and O–H groups in total. The maximum absolute atomic E-state index is 12.5. The molecule has 0 spiro atoms. The SMILES string of the molecule is COc1ccc(-n2ccn(CC(=O)Nc3ccc(C)cc3)c2=O)cc1. The molecule has 0 saturated carbocycles. The number of ether oxygens (including phenoxy) is 1. The summed E-state index contributed by atoms with van der Waals surface area (Å²) in [4.78, 5) is 24.6. The van der Waals surface area contributed by atoms with E-state index in [0.29, 0.717) is 17.1 Å². The number of anilines is 1. The van der Waals surface area contributed by atoms with E-state index in [-0.39, 0.29) is 18.1 Å². The van der Waals surface area contributed by atoms with Crippen molar-refractivity contribution in [1.29, 1.82) is 0 Å². The lowest BCUT2D eigenvalue weighted by atomic mass is 10.2. The molecule has 1 aromatic heterocycles. The summed E-state index contributed by atoms with van der Waals surface area (Å²) in [7, 11) is 1.59. The number of carbonyl (C=O) groups excluding carboxylic acids is 1. The van der Waals surface area contributed by atoms with E-state index in [9.17, 15) is 9.59 Å². The second kappa shape index (κ2) is 7.09. The maximum atomic E-state index is 12.5. The molecule has 1 heterocycles. The van der Waals surface area contributed by atoms with E-state index in [1.165, 1.54) is 9.13 Å². The van der Waals surface area contributed by atoms with Gasteiger partial charge in [-0.15, -0.1) is 0 Å². The molecule has 0 aliphatic rings. The topological polar surface area (TPSA) is 65.3 Å². The predicted molar refractivity (Wildman–Crippen MR) is 96.4 cm³/mol. The summed E-state index contributed by atoms with van der Waals surface area (Å²) < 4.78 is 7.97. The molecular formula is C19H19N3O3. The monoisotopic (exact) mass is 337 g/mol. The van der Waals surface area contributed by atoms with Crippen molar-refractivity contribution in [3.05, 3.63) is 77.0 Å². The van der Waals surface area contributed by atoms with Gasteiger partial charge in [0.1, 0.15) is 12.3 Å². The van der Waals surface area contributed by atoms with Gasteiger partial charge in [-0.3, -0.25) is 13.9 Å². The van der Waals surface area contributed by atoms with Gasteiger partial charge in [0, 0.05) is 18.1 Å². The number of aryl methyl sites for hydroxylation is 1. The minimum absolute atomic E-state index is 0.0458. The fourth-order valence-electron chi connectivity index (χ4n) is 2.46. The van der Waals surface area contributed by atoms with Gasteiger partial charge < -0.3 is 10.1 Å². The zero-order valence-electron chi connectivity index (χ0n) is 14.1. The highest BCUT2D eigenvalue weighted by atomic mass is 16.5. The maximum Gasteiger partial charge on any atom is 0.333 e. The Morgan fingerprint density at radius 1 is 1.04 bits per heavy atom. The fourth-order valence-corrected chi connectivity index (χ4v) is 2.46. The van der Waals surface area contributed by atoms with Gasteiger partial charge in [-0.1, -0.05) is 17.7 Å². The highest BCUT2D eigenvalue weighted by Crippen LogP contribution is 2.13. The van der Waals surface area contributed by atoms with Gasteiger partial charge in [0.15, 0.2) is 0 Å². The first-order valence-electron chi connectivity index (χ1n) is 7.85. The van der Waals surface area contributed by atoms with Crippen molar-refractivity contribution in [1.82, 2.24) is 9.13 Å². The number of nitrogens with zero attached hydrogens (tertiary/aromatic N) is 2.